The van der Waals surface area contributed by atoms with Crippen molar-refractivity contribution in [3.63, 3.8) is 0 Å². The van der Waals surface area contributed by atoms with Gasteiger partial charge in [-0.2, -0.15) is 5.10 Å². The first-order chi connectivity index (χ1) is 5.83. The fourth-order valence-electron chi connectivity index (χ4n) is 0.911. The summed E-state index contributed by atoms with van der Waals surface area (Å²) in [5.74, 6) is 0.321. The Morgan fingerprint density at radius 3 is 3.25 bits per heavy atom. The summed E-state index contributed by atoms with van der Waals surface area (Å²) >= 11 is 0. The van der Waals surface area contributed by atoms with Crippen LogP contribution in [-0.2, 0) is 9.47 Å². The van der Waals surface area contributed by atoms with Crippen LogP contribution in [0.1, 0.15) is 6.42 Å². The Hall–Kier alpha value is -1.10. The maximum Gasteiger partial charge on any atom is 0.427 e. The lowest BCUT2D eigenvalue weighted by molar-refractivity contribution is 0.171. The fourth-order valence-corrected chi connectivity index (χ4v) is 0.911. The topological polar surface area (TPSA) is 59.9 Å². The first-order valence-electron chi connectivity index (χ1n) is 3.78. The highest BCUT2D eigenvalue weighted by atomic mass is 16.5. The number of nitrogens with zero attached hydrogens (tertiary/aromatic N) is 1. The standard InChI is InChI=1S/C7H12N2O3/c1-11-7(10)9-8-4-6-2-3-12-5-6/h4,6H,2-3,5H2,1H3,(H,9,10)/b8-4+. The predicted molar refractivity (Wildman–Crippen MR) is 43.0 cm³/mol. The molecule has 0 aromatic rings. The first-order valence-corrected chi connectivity index (χ1v) is 3.78. The normalized spacial score (nSPS) is 22.9. The van der Waals surface area contributed by atoms with Crippen LogP contribution in [0.5, 0.6) is 0 Å². The van der Waals surface area contributed by atoms with Gasteiger partial charge in [0.25, 0.3) is 0 Å². The predicted octanol–water partition coefficient (Wildman–Crippen LogP) is 0.365. The molecule has 12 heavy (non-hydrogen) atoms. The molecule has 1 aliphatic heterocycles. The van der Waals surface area contributed by atoms with Gasteiger partial charge in [-0.15, -0.1) is 0 Å². The molecule has 0 aromatic heterocycles. The highest BCUT2D eigenvalue weighted by Gasteiger charge is 2.12. The number of rotatable bonds is 2. The second kappa shape index (κ2) is 4.71. The number of hydrogen-bond donors (Lipinski definition) is 1. The van der Waals surface area contributed by atoms with Crippen molar-refractivity contribution in [3.8, 4) is 0 Å². The average Bonchev–Trinajstić information content (AvgIpc) is 2.57. The minimum Gasteiger partial charge on any atom is -0.452 e. The molecule has 0 spiro atoms. The van der Waals surface area contributed by atoms with E-state index in [9.17, 15) is 4.79 Å². The maximum absolute atomic E-state index is 10.5. The molecular formula is C7H12N2O3. The Kier molecular flexibility index (Phi) is 3.53. The molecule has 1 rings (SSSR count). The summed E-state index contributed by atoms with van der Waals surface area (Å²) in [6, 6.07) is 0. The van der Waals surface area contributed by atoms with E-state index in [1.807, 2.05) is 0 Å². The van der Waals surface area contributed by atoms with E-state index in [2.05, 4.69) is 15.3 Å². The molecule has 0 aliphatic carbocycles. The Balaban J connectivity index is 2.16. The van der Waals surface area contributed by atoms with Crippen molar-refractivity contribution in [1.82, 2.24) is 5.43 Å². The van der Waals surface area contributed by atoms with Gasteiger partial charge in [-0.05, 0) is 6.42 Å². The van der Waals surface area contributed by atoms with Gasteiger partial charge in [0.1, 0.15) is 0 Å². The summed E-state index contributed by atoms with van der Waals surface area (Å²) in [4.78, 5) is 10.5. The Morgan fingerprint density at radius 1 is 1.83 bits per heavy atom. The van der Waals surface area contributed by atoms with Gasteiger partial charge in [-0.3, -0.25) is 0 Å². The van der Waals surface area contributed by atoms with E-state index in [0.29, 0.717) is 12.5 Å². The quantitative estimate of drug-likeness (QED) is 0.483. The molecule has 0 bridgehead atoms. The molecule has 1 fully saturated rings. The van der Waals surface area contributed by atoms with Crippen molar-refractivity contribution in [2.45, 2.75) is 6.42 Å². The van der Waals surface area contributed by atoms with Crippen LogP contribution in [-0.4, -0.2) is 32.6 Å². The summed E-state index contributed by atoms with van der Waals surface area (Å²) in [5.41, 5.74) is 2.21. The van der Waals surface area contributed by atoms with E-state index in [0.717, 1.165) is 13.0 Å². The molecule has 0 radical (unpaired) electrons. The Morgan fingerprint density at radius 2 is 2.67 bits per heavy atom. The summed E-state index contributed by atoms with van der Waals surface area (Å²) in [5, 5.41) is 3.69. The maximum atomic E-state index is 10.5. The van der Waals surface area contributed by atoms with E-state index >= 15 is 0 Å². The van der Waals surface area contributed by atoms with Crippen LogP contribution in [0.2, 0.25) is 0 Å². The molecule has 0 aromatic carbocycles. The zero-order chi connectivity index (χ0) is 8.81. The van der Waals surface area contributed by atoms with Gasteiger partial charge < -0.3 is 9.47 Å². The van der Waals surface area contributed by atoms with Crippen LogP contribution in [0.25, 0.3) is 0 Å². The number of carbonyl (C=O) groups excluding carboxylic acids is 1. The molecule has 1 saturated heterocycles. The zero-order valence-electron chi connectivity index (χ0n) is 6.95. The molecule has 5 heteroatoms. The van der Waals surface area contributed by atoms with E-state index in [1.165, 1.54) is 7.11 Å². The molecule has 0 saturated carbocycles. The molecule has 68 valence electrons. The van der Waals surface area contributed by atoms with E-state index in [4.69, 9.17) is 4.74 Å². The number of methoxy groups -OCH3 is 1. The van der Waals surface area contributed by atoms with Crippen LogP contribution >= 0.6 is 0 Å². The van der Waals surface area contributed by atoms with Crippen molar-refractivity contribution in [2.24, 2.45) is 11.0 Å². The van der Waals surface area contributed by atoms with Crippen molar-refractivity contribution in [1.29, 1.82) is 0 Å². The van der Waals surface area contributed by atoms with Crippen LogP contribution < -0.4 is 5.43 Å². The van der Waals surface area contributed by atoms with E-state index in [1.54, 1.807) is 6.21 Å². The number of carbonyl (C=O) groups is 1. The first kappa shape index (κ1) is 8.99. The highest BCUT2D eigenvalue weighted by molar-refractivity contribution is 5.69. The van der Waals surface area contributed by atoms with Crippen LogP contribution in [0.3, 0.4) is 0 Å². The summed E-state index contributed by atoms with van der Waals surface area (Å²) in [6.07, 6.45) is 2.08. The van der Waals surface area contributed by atoms with Gasteiger partial charge in [-0.25, -0.2) is 10.2 Å². The lowest BCUT2D eigenvalue weighted by Gasteiger charge is -1.98. The Bertz CT molecular complexity index is 175. The largest absolute Gasteiger partial charge is 0.452 e. The Labute approximate surface area is 70.7 Å². The number of hydrogen-bond acceptors (Lipinski definition) is 4. The molecule has 5 nitrogen and oxygen atoms in total. The number of nitrogens with one attached hydrogen (secondary N) is 1. The van der Waals surface area contributed by atoms with Crippen molar-refractivity contribution < 1.29 is 14.3 Å². The summed E-state index contributed by atoms with van der Waals surface area (Å²) < 4.78 is 9.43. The number of amides is 1. The zero-order valence-corrected chi connectivity index (χ0v) is 6.95. The molecule has 1 atom stereocenters. The van der Waals surface area contributed by atoms with Gasteiger partial charge in [0, 0.05) is 18.7 Å². The van der Waals surface area contributed by atoms with Crippen LogP contribution in [0, 0.1) is 5.92 Å². The van der Waals surface area contributed by atoms with E-state index in [-0.39, 0.29) is 0 Å². The minimum atomic E-state index is -0.551. The monoisotopic (exact) mass is 172 g/mol. The number of hydrazone groups is 1. The van der Waals surface area contributed by atoms with Crippen molar-refractivity contribution >= 4 is 12.3 Å². The molecule has 1 unspecified atom stereocenters. The second-order valence-corrected chi connectivity index (χ2v) is 2.51. The third-order valence-corrected chi connectivity index (χ3v) is 1.59. The SMILES string of the molecule is COC(=O)N/N=C/C1CCOC1. The second-order valence-electron chi connectivity index (χ2n) is 2.51. The summed E-state index contributed by atoms with van der Waals surface area (Å²) in [7, 11) is 1.30. The van der Waals surface area contributed by atoms with Crippen molar-refractivity contribution in [3.05, 3.63) is 0 Å². The third-order valence-electron chi connectivity index (χ3n) is 1.59. The lowest BCUT2D eigenvalue weighted by atomic mass is 10.1. The minimum absolute atomic E-state index is 0.321. The molecule has 1 amide bonds. The van der Waals surface area contributed by atoms with Gasteiger partial charge in [0.05, 0.1) is 13.7 Å². The van der Waals surface area contributed by atoms with Crippen molar-refractivity contribution in [2.75, 3.05) is 20.3 Å². The van der Waals surface area contributed by atoms with Gasteiger partial charge in [-0.1, -0.05) is 0 Å². The summed E-state index contributed by atoms with van der Waals surface area (Å²) in [6.45, 7) is 1.46. The lowest BCUT2D eigenvalue weighted by Crippen LogP contribution is -2.17. The smallest absolute Gasteiger partial charge is 0.427 e. The van der Waals surface area contributed by atoms with Gasteiger partial charge in [0.2, 0.25) is 0 Å². The molecule has 1 aliphatic rings. The van der Waals surface area contributed by atoms with Gasteiger partial charge >= 0.3 is 6.09 Å². The van der Waals surface area contributed by atoms with Crippen LogP contribution in [0.4, 0.5) is 4.79 Å². The highest BCUT2D eigenvalue weighted by Crippen LogP contribution is 2.08. The molecule has 1 heterocycles. The number of ether oxygens (including phenoxy) is 2. The average molecular weight is 172 g/mol. The molecular weight excluding hydrogens is 160 g/mol. The van der Waals surface area contributed by atoms with Gasteiger partial charge in [0.15, 0.2) is 0 Å². The van der Waals surface area contributed by atoms with E-state index < -0.39 is 6.09 Å². The third kappa shape index (κ3) is 2.87. The van der Waals surface area contributed by atoms with Crippen LogP contribution in [0.15, 0.2) is 5.10 Å². The fraction of sp³-hybridized carbons (Fsp3) is 0.714. The molecule has 1 N–H and O–H groups in total.